The van der Waals surface area contributed by atoms with E-state index < -0.39 is 5.41 Å². The molecule has 1 heteroatoms. The molecule has 0 fully saturated rings. The second-order valence-electron chi connectivity index (χ2n) is 19.3. The minimum atomic E-state index is -0.604. The lowest BCUT2D eigenvalue weighted by Gasteiger charge is -2.37. The van der Waals surface area contributed by atoms with E-state index in [0.717, 1.165) is 11.4 Å². The third-order valence-corrected chi connectivity index (χ3v) is 14.4. The molecular weight excluding hydrogens is 759 g/mol. The van der Waals surface area contributed by atoms with Crippen molar-refractivity contribution in [2.75, 3.05) is 4.90 Å². The lowest BCUT2D eigenvalue weighted by Crippen LogP contribution is -2.30. The summed E-state index contributed by atoms with van der Waals surface area (Å²) in [5.74, 6) is 0. The van der Waals surface area contributed by atoms with E-state index in [0.29, 0.717) is 0 Å². The highest BCUT2D eigenvalue weighted by atomic mass is 15.1. The van der Waals surface area contributed by atoms with Crippen molar-refractivity contribution in [1.29, 1.82) is 0 Å². The predicted octanol–water partition coefficient (Wildman–Crippen LogP) is 16.4. The molecule has 0 unspecified atom stereocenters. The number of nitrogens with zero attached hydrogens (tertiary/aromatic N) is 1. The van der Waals surface area contributed by atoms with Gasteiger partial charge in [0.25, 0.3) is 0 Å². The van der Waals surface area contributed by atoms with Crippen LogP contribution in [0.3, 0.4) is 0 Å². The van der Waals surface area contributed by atoms with Crippen LogP contribution in [0.2, 0.25) is 0 Å². The van der Waals surface area contributed by atoms with Gasteiger partial charge in [0, 0.05) is 22.4 Å². The molecule has 0 saturated heterocycles. The highest BCUT2D eigenvalue weighted by molar-refractivity contribution is 6.02. The minimum Gasteiger partial charge on any atom is -0.310 e. The fraction of sp³-hybridized carbons (Fsp3) is 0.129. The van der Waals surface area contributed by atoms with Crippen LogP contribution in [0.5, 0.6) is 0 Å². The molecular formula is C62H49N. The van der Waals surface area contributed by atoms with Gasteiger partial charge in [-0.2, -0.15) is 0 Å². The molecule has 0 atom stereocenters. The van der Waals surface area contributed by atoms with Crippen LogP contribution in [-0.4, -0.2) is 0 Å². The molecule has 0 saturated carbocycles. The number of benzene rings is 9. The second-order valence-corrected chi connectivity index (χ2v) is 19.3. The van der Waals surface area contributed by atoms with E-state index in [4.69, 9.17) is 0 Å². The van der Waals surface area contributed by atoms with Gasteiger partial charge in [0.05, 0.1) is 11.1 Å². The summed E-state index contributed by atoms with van der Waals surface area (Å²) in [5, 5.41) is 0. The second kappa shape index (κ2) is 13.6. The Bertz CT molecular complexity index is 3240. The van der Waals surface area contributed by atoms with Gasteiger partial charge in [0.1, 0.15) is 0 Å². The van der Waals surface area contributed by atoms with Crippen LogP contribution in [0, 0.1) is 0 Å². The molecule has 0 amide bonds. The van der Waals surface area contributed by atoms with Crippen molar-refractivity contribution in [2.24, 2.45) is 0 Å². The Morgan fingerprint density at radius 2 is 0.825 bits per heavy atom. The molecule has 63 heavy (non-hydrogen) atoms. The van der Waals surface area contributed by atoms with Gasteiger partial charge in [0.15, 0.2) is 0 Å². The fourth-order valence-electron chi connectivity index (χ4n) is 11.5. The lowest BCUT2D eigenvalue weighted by atomic mass is 9.65. The van der Waals surface area contributed by atoms with Crippen molar-refractivity contribution < 1.29 is 0 Å². The van der Waals surface area contributed by atoms with Crippen molar-refractivity contribution in [1.82, 2.24) is 0 Å². The van der Waals surface area contributed by atoms with Crippen LogP contribution in [0.1, 0.15) is 73.6 Å². The predicted molar refractivity (Wildman–Crippen MR) is 265 cm³/mol. The maximum Gasteiger partial charge on any atom is 0.0726 e. The molecule has 0 N–H and O–H groups in total. The van der Waals surface area contributed by atoms with Gasteiger partial charge in [-0.3, -0.25) is 0 Å². The summed E-state index contributed by atoms with van der Waals surface area (Å²) in [5.41, 5.74) is 24.6. The zero-order valence-electron chi connectivity index (χ0n) is 36.6. The maximum atomic E-state index is 2.58. The molecule has 9 aromatic rings. The van der Waals surface area contributed by atoms with Gasteiger partial charge in [0.2, 0.25) is 0 Å². The van der Waals surface area contributed by atoms with E-state index in [2.05, 4.69) is 246 Å². The largest absolute Gasteiger partial charge is 0.310 e. The highest BCUT2D eigenvalue weighted by Crippen LogP contribution is 2.64. The van der Waals surface area contributed by atoms with E-state index in [1.54, 1.807) is 0 Å². The van der Waals surface area contributed by atoms with Crippen LogP contribution in [-0.2, 0) is 16.2 Å². The molecule has 1 nitrogen and oxygen atoms in total. The van der Waals surface area contributed by atoms with Gasteiger partial charge in [-0.25, -0.2) is 0 Å². The van der Waals surface area contributed by atoms with Gasteiger partial charge in [-0.1, -0.05) is 211 Å². The summed E-state index contributed by atoms with van der Waals surface area (Å²) in [6.07, 6.45) is 0. The third-order valence-electron chi connectivity index (χ3n) is 14.4. The average molecular weight is 808 g/mol. The Hall–Kier alpha value is -7.22. The summed E-state index contributed by atoms with van der Waals surface area (Å²) in [4.78, 5) is 2.58. The van der Waals surface area contributed by atoms with E-state index in [-0.39, 0.29) is 10.8 Å². The van der Waals surface area contributed by atoms with E-state index in [9.17, 15) is 0 Å². The average Bonchev–Trinajstić information content (AvgIpc) is 3.70. The molecule has 0 aromatic heterocycles. The van der Waals surface area contributed by atoms with Crippen molar-refractivity contribution >= 4 is 17.1 Å². The monoisotopic (exact) mass is 807 g/mol. The minimum absolute atomic E-state index is 0.159. The van der Waals surface area contributed by atoms with Crippen LogP contribution in [0.4, 0.5) is 17.1 Å². The first-order valence-corrected chi connectivity index (χ1v) is 22.4. The Morgan fingerprint density at radius 1 is 0.349 bits per heavy atom. The van der Waals surface area contributed by atoms with Crippen molar-refractivity contribution in [3.63, 3.8) is 0 Å². The van der Waals surface area contributed by atoms with Crippen molar-refractivity contribution in [2.45, 2.75) is 50.9 Å². The normalized spacial score (nSPS) is 14.4. The fourth-order valence-corrected chi connectivity index (χ4v) is 11.5. The Morgan fingerprint density at radius 3 is 1.44 bits per heavy atom. The summed E-state index contributed by atoms with van der Waals surface area (Å²) in [6, 6.07) is 78.0. The number of rotatable bonds is 4. The van der Waals surface area contributed by atoms with Crippen molar-refractivity contribution in [3.8, 4) is 55.6 Å². The zero-order chi connectivity index (χ0) is 42.7. The molecule has 0 bridgehead atoms. The smallest absolute Gasteiger partial charge is 0.0726 e. The van der Waals surface area contributed by atoms with Crippen LogP contribution in [0.25, 0.3) is 55.6 Å². The summed E-state index contributed by atoms with van der Waals surface area (Å²) in [7, 11) is 0. The first-order valence-electron chi connectivity index (χ1n) is 22.4. The number of hydrogen-bond acceptors (Lipinski definition) is 1. The molecule has 0 aliphatic heterocycles. The molecule has 9 aromatic carbocycles. The van der Waals surface area contributed by atoms with Crippen LogP contribution in [0.15, 0.2) is 206 Å². The summed E-state index contributed by atoms with van der Waals surface area (Å²) >= 11 is 0. The third kappa shape index (κ3) is 5.36. The van der Waals surface area contributed by atoms with E-state index in [1.807, 2.05) is 0 Å². The van der Waals surface area contributed by atoms with Crippen LogP contribution < -0.4 is 4.90 Å². The van der Waals surface area contributed by atoms with E-state index in [1.165, 1.54) is 100 Å². The Balaban J connectivity index is 1.22. The topological polar surface area (TPSA) is 3.24 Å². The van der Waals surface area contributed by atoms with Gasteiger partial charge >= 0.3 is 0 Å². The molecule has 12 rings (SSSR count). The SMILES string of the molecule is CC(C)(C)c1cc(N(c2cccc(-c3ccccc3)c2)c2ccc3c(c2)C(C)(C)c2ccccc2-3)c2c(c1)C1(c3ccccc3-c3ccccc3-c3ccccc31)c1ccccc1-2. The molecule has 3 aliphatic rings. The summed E-state index contributed by atoms with van der Waals surface area (Å²) in [6.45, 7) is 11.9. The van der Waals surface area contributed by atoms with Gasteiger partial charge in [-0.05, 0) is 125 Å². The lowest BCUT2D eigenvalue weighted by molar-refractivity contribution is 0.588. The zero-order valence-corrected chi connectivity index (χ0v) is 36.6. The Kier molecular flexibility index (Phi) is 8.13. The first-order chi connectivity index (χ1) is 30.7. The number of fused-ring (bicyclic) bond motifs is 15. The van der Waals surface area contributed by atoms with Gasteiger partial charge < -0.3 is 4.90 Å². The van der Waals surface area contributed by atoms with E-state index >= 15 is 0 Å². The molecule has 0 radical (unpaired) electrons. The van der Waals surface area contributed by atoms with Crippen LogP contribution >= 0.6 is 0 Å². The highest BCUT2D eigenvalue weighted by Gasteiger charge is 2.51. The van der Waals surface area contributed by atoms with Gasteiger partial charge in [-0.15, -0.1) is 0 Å². The number of hydrogen-bond donors (Lipinski definition) is 0. The summed E-state index contributed by atoms with van der Waals surface area (Å²) < 4.78 is 0. The Labute approximate surface area is 372 Å². The number of anilines is 3. The molecule has 1 spiro atoms. The molecule has 0 heterocycles. The standard InChI is InChI=1S/C62H49N/c1-60(2,3)42-37-57-59(51-29-14-18-33-55(51)62(57)53-31-16-12-26-47(53)45-24-9-10-25-46(45)48-27-13-17-32-54(48)62)58(38-42)63(43-23-19-22-41(36-43)40-20-7-6-8-21-40)44-34-35-50-49-28-11-15-30-52(49)61(4,5)56(50)39-44/h6-39H,1-5H3. The van der Waals surface area contributed by atoms with Crippen molar-refractivity contribution in [3.05, 3.63) is 245 Å². The molecule has 3 aliphatic carbocycles. The first kappa shape index (κ1) is 37.5. The maximum absolute atomic E-state index is 2.58. The quantitative estimate of drug-likeness (QED) is 0.171. The molecule has 302 valence electrons.